The summed E-state index contributed by atoms with van der Waals surface area (Å²) < 4.78 is 43.3. The molecule has 0 aromatic carbocycles. The van der Waals surface area contributed by atoms with Crippen LogP contribution in [0.5, 0.6) is 5.75 Å². The van der Waals surface area contributed by atoms with Gasteiger partial charge in [-0.1, -0.05) is 0 Å². The zero-order valence-corrected chi connectivity index (χ0v) is 15.4. The number of aromatic nitrogens is 1. The second-order valence-electron chi connectivity index (χ2n) is 7.36. The fourth-order valence-electron chi connectivity index (χ4n) is 2.27. The van der Waals surface area contributed by atoms with Crippen LogP contribution < -0.4 is 15.1 Å². The second-order valence-corrected chi connectivity index (χ2v) is 9.11. The van der Waals surface area contributed by atoms with Gasteiger partial charge < -0.3 is 14.0 Å². The van der Waals surface area contributed by atoms with E-state index in [4.69, 9.17) is 14.0 Å². The third-order valence-corrected chi connectivity index (χ3v) is 5.04. The lowest BCUT2D eigenvalue weighted by Gasteiger charge is -2.32. The third-order valence-electron chi connectivity index (χ3n) is 4.47. The highest BCUT2D eigenvalue weighted by Gasteiger charge is 2.52. The number of pyridine rings is 1. The van der Waals surface area contributed by atoms with E-state index >= 15 is 0 Å². The number of ether oxygens (including phenoxy) is 1. The Morgan fingerprint density at radius 3 is 2.29 bits per heavy atom. The molecule has 1 saturated heterocycles. The molecule has 0 bridgehead atoms. The summed E-state index contributed by atoms with van der Waals surface area (Å²) in [6.07, 6.45) is 3.15. The second kappa shape index (κ2) is 5.61. The number of nitrogens with one attached hydrogen (secondary N) is 1. The lowest BCUT2D eigenvalue weighted by Crippen LogP contribution is -2.41. The topological polar surface area (TPSA) is 86.8 Å². The molecule has 0 spiro atoms. The summed E-state index contributed by atoms with van der Waals surface area (Å²) in [5, 5.41) is 0. The molecule has 2 fully saturated rings. The summed E-state index contributed by atoms with van der Waals surface area (Å²) >= 11 is 0. The van der Waals surface area contributed by atoms with Crippen LogP contribution in [0.2, 0.25) is 0 Å². The number of rotatable bonds is 5. The quantitative estimate of drug-likeness (QED) is 0.802. The molecule has 1 aliphatic heterocycles. The maximum absolute atomic E-state index is 11.6. The summed E-state index contributed by atoms with van der Waals surface area (Å²) in [4.78, 5) is 4.39. The maximum atomic E-state index is 11.6. The molecule has 2 heterocycles. The van der Waals surface area contributed by atoms with Crippen molar-refractivity contribution < 1.29 is 22.5 Å². The van der Waals surface area contributed by atoms with Crippen LogP contribution in [0.25, 0.3) is 0 Å². The summed E-state index contributed by atoms with van der Waals surface area (Å²) in [5.74, 6) is 0.583. The van der Waals surface area contributed by atoms with Crippen molar-refractivity contribution in [1.29, 1.82) is 0 Å². The van der Waals surface area contributed by atoms with Gasteiger partial charge in [0.15, 0.2) is 11.6 Å². The van der Waals surface area contributed by atoms with Crippen molar-refractivity contribution >= 4 is 28.6 Å². The van der Waals surface area contributed by atoms with Crippen molar-refractivity contribution in [1.82, 2.24) is 4.98 Å². The van der Waals surface area contributed by atoms with Crippen LogP contribution in [-0.4, -0.2) is 44.1 Å². The SMILES string of the molecule is CC1(C)OB(c2ccc(OC3CC3)c(NS(C)(=O)=O)n2)OC1(C)C. The highest BCUT2D eigenvalue weighted by molar-refractivity contribution is 7.92. The first-order chi connectivity index (χ1) is 11.0. The summed E-state index contributed by atoms with van der Waals surface area (Å²) in [7, 11) is -4.14. The Morgan fingerprint density at radius 1 is 1.21 bits per heavy atom. The lowest BCUT2D eigenvalue weighted by atomic mass is 9.84. The number of sulfonamides is 1. The average Bonchev–Trinajstić information content (AvgIpc) is 3.17. The fourth-order valence-corrected chi connectivity index (χ4v) is 2.76. The minimum absolute atomic E-state index is 0.134. The van der Waals surface area contributed by atoms with E-state index in [0.717, 1.165) is 19.1 Å². The van der Waals surface area contributed by atoms with Gasteiger partial charge in [0.1, 0.15) is 0 Å². The molecule has 7 nitrogen and oxygen atoms in total. The number of anilines is 1. The van der Waals surface area contributed by atoms with E-state index in [0.29, 0.717) is 11.3 Å². The molecule has 0 atom stereocenters. The predicted octanol–water partition coefficient (Wildman–Crippen LogP) is 1.29. The van der Waals surface area contributed by atoms with Crippen LogP contribution in [0.4, 0.5) is 5.82 Å². The van der Waals surface area contributed by atoms with E-state index in [2.05, 4.69) is 9.71 Å². The highest BCUT2D eigenvalue weighted by Crippen LogP contribution is 2.37. The van der Waals surface area contributed by atoms with Crippen LogP contribution in [0.15, 0.2) is 12.1 Å². The Labute approximate surface area is 143 Å². The van der Waals surface area contributed by atoms with E-state index in [1.54, 1.807) is 12.1 Å². The molecule has 0 unspecified atom stereocenters. The number of nitrogens with zero attached hydrogens (tertiary/aromatic N) is 1. The van der Waals surface area contributed by atoms with Gasteiger partial charge in [-0.15, -0.1) is 0 Å². The Bertz CT molecular complexity index is 730. The monoisotopic (exact) mass is 354 g/mol. The van der Waals surface area contributed by atoms with Crippen LogP contribution >= 0.6 is 0 Å². The Morgan fingerprint density at radius 2 is 1.79 bits per heavy atom. The molecule has 1 aliphatic carbocycles. The minimum Gasteiger partial charge on any atom is -0.487 e. The van der Waals surface area contributed by atoms with E-state index in [9.17, 15) is 8.42 Å². The Hall–Kier alpha value is -1.32. The van der Waals surface area contributed by atoms with Crippen LogP contribution in [0, 0.1) is 0 Å². The first kappa shape index (κ1) is 17.5. The van der Waals surface area contributed by atoms with Crippen LogP contribution in [0.3, 0.4) is 0 Å². The highest BCUT2D eigenvalue weighted by atomic mass is 32.2. The molecule has 0 radical (unpaired) electrons. The summed E-state index contributed by atoms with van der Waals surface area (Å²) in [6.45, 7) is 7.81. The smallest absolute Gasteiger partial charge is 0.487 e. The van der Waals surface area contributed by atoms with Gasteiger partial charge in [0.05, 0.1) is 29.2 Å². The molecule has 1 aromatic heterocycles. The zero-order chi connectivity index (χ0) is 17.8. The van der Waals surface area contributed by atoms with Gasteiger partial charge in [-0.25, -0.2) is 13.4 Å². The molecule has 3 rings (SSSR count). The first-order valence-electron chi connectivity index (χ1n) is 7.98. The van der Waals surface area contributed by atoms with Crippen molar-refractivity contribution in [3.63, 3.8) is 0 Å². The fraction of sp³-hybridized carbons (Fsp3) is 0.667. The van der Waals surface area contributed by atoms with E-state index < -0.39 is 28.3 Å². The average molecular weight is 354 g/mol. The molecule has 132 valence electrons. The van der Waals surface area contributed by atoms with Gasteiger partial charge in [-0.2, -0.15) is 0 Å². The van der Waals surface area contributed by atoms with Gasteiger partial charge in [0, 0.05) is 0 Å². The maximum Gasteiger partial charge on any atom is 0.514 e. The van der Waals surface area contributed by atoms with Crippen molar-refractivity contribution in [2.75, 3.05) is 11.0 Å². The minimum atomic E-state index is -3.48. The van der Waals surface area contributed by atoms with Gasteiger partial charge in [-0.3, -0.25) is 4.72 Å². The molecule has 9 heteroatoms. The zero-order valence-electron chi connectivity index (χ0n) is 14.6. The van der Waals surface area contributed by atoms with Crippen molar-refractivity contribution in [3.8, 4) is 5.75 Å². The molecule has 1 saturated carbocycles. The first-order valence-corrected chi connectivity index (χ1v) is 9.87. The number of hydrogen-bond donors (Lipinski definition) is 1. The molecular weight excluding hydrogens is 331 g/mol. The van der Waals surface area contributed by atoms with Gasteiger partial charge >= 0.3 is 7.12 Å². The molecule has 2 aliphatic rings. The largest absolute Gasteiger partial charge is 0.514 e. The van der Waals surface area contributed by atoms with E-state index in [1.165, 1.54) is 0 Å². The van der Waals surface area contributed by atoms with Crippen molar-refractivity contribution in [2.24, 2.45) is 0 Å². The van der Waals surface area contributed by atoms with Crippen molar-refractivity contribution in [2.45, 2.75) is 57.8 Å². The molecule has 1 N–H and O–H groups in total. The lowest BCUT2D eigenvalue weighted by molar-refractivity contribution is 0.00578. The third kappa shape index (κ3) is 3.68. The summed E-state index contributed by atoms with van der Waals surface area (Å²) in [5.41, 5.74) is -0.483. The predicted molar refractivity (Wildman–Crippen MR) is 92.1 cm³/mol. The van der Waals surface area contributed by atoms with Gasteiger partial charge in [0.25, 0.3) is 0 Å². The van der Waals surface area contributed by atoms with Gasteiger partial charge in [0.2, 0.25) is 10.0 Å². The number of hydrogen-bond acceptors (Lipinski definition) is 6. The summed E-state index contributed by atoms with van der Waals surface area (Å²) in [6, 6.07) is 3.45. The van der Waals surface area contributed by atoms with Crippen LogP contribution in [-0.2, 0) is 19.3 Å². The molecule has 0 amide bonds. The Balaban J connectivity index is 1.91. The standard InChI is InChI=1S/C15H23BN2O5S/c1-14(2)15(3,4)23-16(22-14)12-9-8-11(21-10-6-7-10)13(17-12)18-24(5,19)20/h8-10H,6-7H2,1-5H3,(H,17,18). The van der Waals surface area contributed by atoms with E-state index in [1.807, 2.05) is 27.7 Å². The van der Waals surface area contributed by atoms with E-state index in [-0.39, 0.29) is 11.9 Å². The van der Waals surface area contributed by atoms with Crippen molar-refractivity contribution in [3.05, 3.63) is 12.1 Å². The normalized spacial score (nSPS) is 22.5. The molecule has 1 aromatic rings. The molecule has 24 heavy (non-hydrogen) atoms. The molecular formula is C15H23BN2O5S. The Kier molecular flexibility index (Phi) is 4.09. The van der Waals surface area contributed by atoms with Gasteiger partial charge in [-0.05, 0) is 52.7 Å². The van der Waals surface area contributed by atoms with Crippen LogP contribution in [0.1, 0.15) is 40.5 Å².